The number of thiophene rings is 1. The molecule has 0 fully saturated rings. The summed E-state index contributed by atoms with van der Waals surface area (Å²) in [4.78, 5) is 32.1. The summed E-state index contributed by atoms with van der Waals surface area (Å²) in [5.74, 6) is -0.265. The molecule has 0 spiro atoms. The molecule has 0 bridgehead atoms. The van der Waals surface area contributed by atoms with Crippen molar-refractivity contribution < 1.29 is 4.79 Å². The van der Waals surface area contributed by atoms with Crippen LogP contribution in [-0.2, 0) is 11.3 Å². The van der Waals surface area contributed by atoms with Crippen molar-refractivity contribution in [2.24, 2.45) is 0 Å². The van der Waals surface area contributed by atoms with Crippen molar-refractivity contribution in [3.63, 3.8) is 0 Å². The smallest absolute Gasteiger partial charge is 0.263 e. The fraction of sp³-hybridized carbons (Fsp3) is 0.238. The van der Waals surface area contributed by atoms with Crippen molar-refractivity contribution in [1.29, 1.82) is 5.26 Å². The minimum absolute atomic E-state index is 0.129. The largest absolute Gasteiger partial charge is 0.325 e. The molecule has 1 aromatic carbocycles. The van der Waals surface area contributed by atoms with Gasteiger partial charge in [-0.05, 0) is 44.5 Å². The van der Waals surface area contributed by atoms with Gasteiger partial charge in [0.05, 0.1) is 21.2 Å². The van der Waals surface area contributed by atoms with Crippen molar-refractivity contribution >= 4 is 56.5 Å². The third-order valence-electron chi connectivity index (χ3n) is 4.57. The Morgan fingerprint density at radius 3 is 2.87 bits per heavy atom. The molecule has 0 aliphatic rings. The molecule has 0 saturated heterocycles. The minimum atomic E-state index is -0.526. The average Bonchev–Trinajstić information content (AvgIpc) is 2.98. The first-order chi connectivity index (χ1) is 14.3. The lowest BCUT2D eigenvalue weighted by Gasteiger charge is -2.15. The minimum Gasteiger partial charge on any atom is -0.325 e. The maximum atomic E-state index is 13.0. The number of fused-ring (bicyclic) bond motifs is 1. The number of anilines is 1. The maximum Gasteiger partial charge on any atom is 0.263 e. The second-order valence-electron chi connectivity index (χ2n) is 6.62. The summed E-state index contributed by atoms with van der Waals surface area (Å²) in [5, 5.41) is 12.6. The summed E-state index contributed by atoms with van der Waals surface area (Å²) < 4.78 is 1.54. The molecule has 2 aromatic heterocycles. The maximum absolute atomic E-state index is 13.0. The molecule has 0 saturated carbocycles. The van der Waals surface area contributed by atoms with E-state index in [4.69, 9.17) is 16.9 Å². The van der Waals surface area contributed by atoms with Crippen LogP contribution in [0, 0.1) is 25.2 Å². The second kappa shape index (κ2) is 9.04. The van der Waals surface area contributed by atoms with Crippen molar-refractivity contribution in [2.45, 2.75) is 37.7 Å². The first-order valence-corrected chi connectivity index (χ1v) is 11.1. The van der Waals surface area contributed by atoms with E-state index in [9.17, 15) is 9.59 Å². The average molecular weight is 459 g/mol. The number of carbonyl (C=O) groups is 1. The first kappa shape index (κ1) is 22.1. The van der Waals surface area contributed by atoms with E-state index < -0.39 is 5.25 Å². The van der Waals surface area contributed by atoms with E-state index >= 15 is 0 Å². The van der Waals surface area contributed by atoms with Crippen molar-refractivity contribution in [1.82, 2.24) is 9.55 Å². The summed E-state index contributed by atoms with van der Waals surface area (Å²) in [5.41, 5.74) is 1.64. The molecule has 2 heterocycles. The topological polar surface area (TPSA) is 87.8 Å². The predicted octanol–water partition coefficient (Wildman–Crippen LogP) is 4.91. The number of nitrogens with one attached hydrogen (secondary N) is 1. The highest BCUT2D eigenvalue weighted by Crippen LogP contribution is 2.30. The zero-order chi connectivity index (χ0) is 22.0. The van der Waals surface area contributed by atoms with Crippen LogP contribution < -0.4 is 10.9 Å². The van der Waals surface area contributed by atoms with Gasteiger partial charge in [0.25, 0.3) is 5.56 Å². The number of halogens is 1. The Kier molecular flexibility index (Phi) is 6.66. The fourth-order valence-corrected chi connectivity index (χ4v) is 5.04. The number of benzene rings is 1. The van der Waals surface area contributed by atoms with Crippen molar-refractivity contribution in [3.05, 3.63) is 62.2 Å². The summed E-state index contributed by atoms with van der Waals surface area (Å²) in [6.07, 6.45) is 1.64. The number of allylic oxidation sites excluding steroid dienone is 1. The Labute approximate surface area is 187 Å². The van der Waals surface area contributed by atoms with E-state index in [2.05, 4.69) is 16.9 Å². The van der Waals surface area contributed by atoms with Gasteiger partial charge in [0.2, 0.25) is 5.91 Å². The third kappa shape index (κ3) is 4.29. The molecule has 1 N–H and O–H groups in total. The monoisotopic (exact) mass is 458 g/mol. The van der Waals surface area contributed by atoms with Crippen LogP contribution in [0.3, 0.4) is 0 Å². The van der Waals surface area contributed by atoms with Gasteiger partial charge < -0.3 is 5.32 Å². The Bertz CT molecular complexity index is 1260. The molecule has 1 unspecified atom stereocenters. The second-order valence-corrected chi connectivity index (χ2v) is 9.54. The van der Waals surface area contributed by atoms with Crippen molar-refractivity contribution in [2.75, 3.05) is 5.32 Å². The SMILES string of the molecule is C=CCn1c(SC(C)C(=O)Nc2ccc(C#N)c(Cl)c2)nc2sc(C)c(C)c2c1=O. The van der Waals surface area contributed by atoms with Gasteiger partial charge in [0, 0.05) is 17.1 Å². The van der Waals surface area contributed by atoms with Gasteiger partial charge in [-0.15, -0.1) is 17.9 Å². The predicted molar refractivity (Wildman–Crippen MR) is 124 cm³/mol. The third-order valence-corrected chi connectivity index (χ3v) is 7.08. The Morgan fingerprint density at radius 1 is 1.50 bits per heavy atom. The van der Waals surface area contributed by atoms with Gasteiger partial charge in [-0.25, -0.2) is 4.98 Å². The lowest BCUT2D eigenvalue weighted by atomic mass is 10.2. The van der Waals surface area contributed by atoms with Gasteiger partial charge in [0.15, 0.2) is 5.16 Å². The molecule has 154 valence electrons. The number of thioether (sulfide) groups is 1. The number of amides is 1. The molecule has 1 amide bonds. The van der Waals surface area contributed by atoms with Crippen LogP contribution in [0.5, 0.6) is 0 Å². The Balaban J connectivity index is 1.89. The Morgan fingerprint density at radius 2 is 2.23 bits per heavy atom. The lowest BCUT2D eigenvalue weighted by molar-refractivity contribution is -0.115. The van der Waals surface area contributed by atoms with Gasteiger partial charge in [-0.3, -0.25) is 14.2 Å². The van der Waals surface area contributed by atoms with Crippen LogP contribution in [-0.4, -0.2) is 20.7 Å². The summed E-state index contributed by atoms with van der Waals surface area (Å²) in [6, 6.07) is 6.68. The molecular weight excluding hydrogens is 440 g/mol. The molecule has 0 aliphatic carbocycles. The molecule has 30 heavy (non-hydrogen) atoms. The molecule has 6 nitrogen and oxygen atoms in total. The number of aromatic nitrogens is 2. The highest BCUT2D eigenvalue weighted by molar-refractivity contribution is 8.00. The summed E-state index contributed by atoms with van der Waals surface area (Å²) in [7, 11) is 0. The van der Waals surface area contributed by atoms with Crippen LogP contribution in [0.25, 0.3) is 10.2 Å². The van der Waals surface area contributed by atoms with Crippen LogP contribution in [0.2, 0.25) is 5.02 Å². The first-order valence-electron chi connectivity index (χ1n) is 9.05. The van der Waals surface area contributed by atoms with E-state index in [-0.39, 0.29) is 16.5 Å². The number of hydrogen-bond acceptors (Lipinski definition) is 6. The molecule has 3 aromatic rings. The zero-order valence-corrected chi connectivity index (χ0v) is 19.0. The van der Waals surface area contributed by atoms with E-state index in [1.807, 2.05) is 19.9 Å². The quantitative estimate of drug-likeness (QED) is 0.322. The normalized spacial score (nSPS) is 11.8. The van der Waals surface area contributed by atoms with Crippen LogP contribution in [0.1, 0.15) is 22.9 Å². The van der Waals surface area contributed by atoms with Crippen LogP contribution >= 0.6 is 34.7 Å². The molecule has 1 atom stereocenters. The molecular formula is C21H19ClN4O2S2. The van der Waals surface area contributed by atoms with Gasteiger partial charge >= 0.3 is 0 Å². The van der Waals surface area contributed by atoms with E-state index in [0.717, 1.165) is 10.4 Å². The molecule has 9 heteroatoms. The van der Waals surface area contributed by atoms with Crippen LogP contribution in [0.4, 0.5) is 5.69 Å². The highest BCUT2D eigenvalue weighted by Gasteiger charge is 2.21. The Hall–Kier alpha value is -2.60. The summed E-state index contributed by atoms with van der Waals surface area (Å²) >= 11 is 8.71. The van der Waals surface area contributed by atoms with Gasteiger partial charge in [-0.1, -0.05) is 29.4 Å². The van der Waals surface area contributed by atoms with Gasteiger partial charge in [0.1, 0.15) is 10.9 Å². The number of carbonyl (C=O) groups excluding carboxylic acids is 1. The highest BCUT2D eigenvalue weighted by atomic mass is 35.5. The molecule has 0 aliphatic heterocycles. The zero-order valence-electron chi connectivity index (χ0n) is 16.7. The summed E-state index contributed by atoms with van der Waals surface area (Å²) in [6.45, 7) is 9.65. The number of rotatable bonds is 6. The number of nitrogens with zero attached hydrogens (tertiary/aromatic N) is 3. The lowest BCUT2D eigenvalue weighted by Crippen LogP contribution is -2.26. The molecule has 3 rings (SSSR count). The van der Waals surface area contributed by atoms with Crippen LogP contribution in [0.15, 0.2) is 40.8 Å². The number of nitriles is 1. The standard InChI is InChI=1S/C21H19ClN4O2S2/c1-5-8-26-20(28)17-11(2)12(3)29-19(17)25-21(26)30-13(4)18(27)24-15-7-6-14(10-23)16(22)9-15/h5-7,9,13H,1,8H2,2-4H3,(H,24,27). The number of hydrogen-bond donors (Lipinski definition) is 1. The van der Waals surface area contributed by atoms with Crippen molar-refractivity contribution in [3.8, 4) is 6.07 Å². The van der Waals surface area contributed by atoms with Gasteiger partial charge in [-0.2, -0.15) is 5.26 Å². The van der Waals surface area contributed by atoms with E-state index in [1.54, 1.807) is 29.7 Å². The molecule has 0 radical (unpaired) electrons. The fourth-order valence-electron chi connectivity index (χ4n) is 2.83. The van der Waals surface area contributed by atoms with E-state index in [0.29, 0.717) is 33.2 Å². The number of aryl methyl sites for hydroxylation is 2. The van der Waals surface area contributed by atoms with E-state index in [1.165, 1.54) is 29.2 Å².